The van der Waals surface area contributed by atoms with Crippen molar-refractivity contribution < 1.29 is 10.0 Å². The lowest BCUT2D eigenvalue weighted by atomic mass is 10.2. The third-order valence-corrected chi connectivity index (χ3v) is 2.73. The van der Waals surface area contributed by atoms with Gasteiger partial charge in [0.05, 0.1) is 23.8 Å². The van der Waals surface area contributed by atoms with Gasteiger partial charge in [-0.1, -0.05) is 23.4 Å². The zero-order valence-electron chi connectivity index (χ0n) is 10.8. The summed E-state index contributed by atoms with van der Waals surface area (Å²) in [7, 11) is 0. The van der Waals surface area contributed by atoms with Crippen molar-refractivity contribution in [1.82, 2.24) is 20.3 Å². The van der Waals surface area contributed by atoms with Gasteiger partial charge in [-0.05, 0) is 0 Å². The van der Waals surface area contributed by atoms with Gasteiger partial charge in [-0.3, -0.25) is 10.1 Å². The van der Waals surface area contributed by atoms with Crippen LogP contribution in [0.2, 0.25) is 0 Å². The van der Waals surface area contributed by atoms with E-state index in [4.69, 9.17) is 5.11 Å². The summed E-state index contributed by atoms with van der Waals surface area (Å²) in [5.41, 5.74) is 1.45. The van der Waals surface area contributed by atoms with Gasteiger partial charge >= 0.3 is 0 Å². The number of aliphatic hydroxyl groups excluding tert-OH is 1. The number of aliphatic hydroxyl groups is 1. The van der Waals surface area contributed by atoms with Crippen LogP contribution in [0.25, 0.3) is 0 Å². The van der Waals surface area contributed by atoms with Crippen LogP contribution in [-0.2, 0) is 19.6 Å². The van der Waals surface area contributed by atoms with E-state index in [2.05, 4.69) is 15.6 Å². The van der Waals surface area contributed by atoms with E-state index in [1.807, 2.05) is 0 Å². The summed E-state index contributed by atoms with van der Waals surface area (Å²) in [6.07, 6.45) is 1.72. The van der Waals surface area contributed by atoms with Crippen molar-refractivity contribution in [2.75, 3.05) is 6.61 Å². The molecule has 2 rings (SSSR count). The molecule has 0 spiro atoms. The molecule has 0 fully saturated rings. The van der Waals surface area contributed by atoms with Gasteiger partial charge in [0.2, 0.25) is 0 Å². The number of hydrogen-bond acceptors (Lipinski definition) is 6. The average Bonchev–Trinajstić information content (AvgIpc) is 2.87. The minimum absolute atomic E-state index is 0.00639. The number of nitro groups is 1. The highest BCUT2D eigenvalue weighted by atomic mass is 16.6. The largest absolute Gasteiger partial charge is 0.394 e. The van der Waals surface area contributed by atoms with Crippen molar-refractivity contribution in [3.05, 3.63) is 51.8 Å². The fourth-order valence-corrected chi connectivity index (χ4v) is 1.79. The summed E-state index contributed by atoms with van der Waals surface area (Å²) in [5.74, 6) is 0. The molecule has 0 unspecified atom stereocenters. The van der Waals surface area contributed by atoms with Crippen molar-refractivity contribution in [2.24, 2.45) is 0 Å². The topological polar surface area (TPSA) is 106 Å². The Morgan fingerprint density at radius 3 is 2.90 bits per heavy atom. The summed E-state index contributed by atoms with van der Waals surface area (Å²) < 4.78 is 1.54. The molecule has 2 N–H and O–H groups in total. The molecule has 1 aromatic heterocycles. The number of hydrogen-bond donors (Lipinski definition) is 2. The fraction of sp³-hybridized carbons (Fsp3) is 0.333. The smallest absolute Gasteiger partial charge is 0.273 e. The van der Waals surface area contributed by atoms with Gasteiger partial charge < -0.3 is 10.4 Å². The zero-order chi connectivity index (χ0) is 14.4. The van der Waals surface area contributed by atoms with Crippen molar-refractivity contribution in [2.45, 2.75) is 19.6 Å². The molecule has 106 valence electrons. The van der Waals surface area contributed by atoms with Crippen LogP contribution in [0, 0.1) is 10.1 Å². The van der Waals surface area contributed by atoms with Gasteiger partial charge in [0.15, 0.2) is 0 Å². The molecule has 1 aromatic carbocycles. The molecule has 0 aliphatic heterocycles. The highest BCUT2D eigenvalue weighted by molar-refractivity contribution is 5.39. The van der Waals surface area contributed by atoms with Crippen LogP contribution in [0.5, 0.6) is 0 Å². The maximum Gasteiger partial charge on any atom is 0.273 e. The third-order valence-electron chi connectivity index (χ3n) is 2.73. The Kier molecular flexibility index (Phi) is 4.75. The molecule has 0 bridgehead atoms. The first-order valence-corrected chi connectivity index (χ1v) is 6.13. The summed E-state index contributed by atoms with van der Waals surface area (Å²) in [5, 5.41) is 30.5. The van der Waals surface area contributed by atoms with E-state index in [0.29, 0.717) is 25.2 Å². The van der Waals surface area contributed by atoms with E-state index in [9.17, 15) is 10.1 Å². The summed E-state index contributed by atoms with van der Waals surface area (Å²) in [6, 6.07) is 6.60. The van der Waals surface area contributed by atoms with Crippen LogP contribution >= 0.6 is 0 Å². The molecule has 1 heterocycles. The number of benzene rings is 1. The normalized spacial score (nSPS) is 10.7. The molecule has 8 nitrogen and oxygen atoms in total. The highest BCUT2D eigenvalue weighted by Gasteiger charge is 2.11. The minimum Gasteiger partial charge on any atom is -0.394 e. The van der Waals surface area contributed by atoms with Crippen molar-refractivity contribution in [3.63, 3.8) is 0 Å². The maximum atomic E-state index is 10.9. The Labute approximate surface area is 115 Å². The lowest BCUT2D eigenvalue weighted by Crippen LogP contribution is -2.14. The van der Waals surface area contributed by atoms with E-state index in [1.165, 1.54) is 6.07 Å². The molecule has 0 aliphatic carbocycles. The predicted octanol–water partition coefficient (Wildman–Crippen LogP) is 0.468. The Hall–Kier alpha value is -2.32. The molecule has 0 saturated carbocycles. The standard InChI is InChI=1S/C12H15N5O3/c18-6-5-16-9-11(14-15-16)8-13-7-10-3-1-2-4-12(10)17(19)20/h1-4,9,13,18H,5-8H2. The van der Waals surface area contributed by atoms with Crippen LogP contribution in [0.4, 0.5) is 5.69 Å². The fourth-order valence-electron chi connectivity index (χ4n) is 1.79. The molecule has 2 aromatic rings. The van der Waals surface area contributed by atoms with E-state index >= 15 is 0 Å². The number of aromatic nitrogens is 3. The molecule has 0 radical (unpaired) electrons. The number of para-hydroxylation sites is 1. The van der Waals surface area contributed by atoms with E-state index in [-0.39, 0.29) is 12.3 Å². The first-order valence-electron chi connectivity index (χ1n) is 6.13. The summed E-state index contributed by atoms with van der Waals surface area (Å²) in [4.78, 5) is 10.5. The Morgan fingerprint density at radius 1 is 1.35 bits per heavy atom. The van der Waals surface area contributed by atoms with Gasteiger partial charge in [-0.15, -0.1) is 5.10 Å². The molecular formula is C12H15N5O3. The van der Waals surface area contributed by atoms with Crippen molar-refractivity contribution in [3.8, 4) is 0 Å². The minimum atomic E-state index is -0.394. The van der Waals surface area contributed by atoms with Gasteiger partial charge in [0.1, 0.15) is 0 Å². The first kappa shape index (κ1) is 14.1. The molecule has 0 aliphatic rings. The average molecular weight is 277 g/mol. The van der Waals surface area contributed by atoms with Crippen LogP contribution in [0.3, 0.4) is 0 Å². The third kappa shape index (κ3) is 3.59. The SMILES string of the molecule is O=[N+]([O-])c1ccccc1CNCc1cn(CCO)nn1. The van der Waals surface area contributed by atoms with E-state index in [1.54, 1.807) is 29.1 Å². The first-order chi connectivity index (χ1) is 9.70. The van der Waals surface area contributed by atoms with Gasteiger partial charge in [-0.25, -0.2) is 4.68 Å². The second-order valence-electron chi connectivity index (χ2n) is 4.19. The van der Waals surface area contributed by atoms with Gasteiger partial charge in [-0.2, -0.15) is 0 Å². The monoisotopic (exact) mass is 277 g/mol. The Bertz CT molecular complexity index is 584. The quantitative estimate of drug-likeness (QED) is 0.563. The lowest BCUT2D eigenvalue weighted by Gasteiger charge is -2.03. The second kappa shape index (κ2) is 6.73. The summed E-state index contributed by atoms with van der Waals surface area (Å²) in [6.45, 7) is 1.24. The molecule has 0 saturated heterocycles. The molecule has 0 atom stereocenters. The highest BCUT2D eigenvalue weighted by Crippen LogP contribution is 2.17. The van der Waals surface area contributed by atoms with E-state index in [0.717, 1.165) is 5.69 Å². The van der Waals surface area contributed by atoms with Gasteiger partial charge in [0.25, 0.3) is 5.69 Å². The molecule has 8 heteroatoms. The summed E-state index contributed by atoms with van der Waals surface area (Å²) >= 11 is 0. The molecule has 20 heavy (non-hydrogen) atoms. The number of rotatable bonds is 7. The predicted molar refractivity (Wildman–Crippen MR) is 70.7 cm³/mol. The second-order valence-corrected chi connectivity index (χ2v) is 4.19. The lowest BCUT2D eigenvalue weighted by molar-refractivity contribution is -0.385. The maximum absolute atomic E-state index is 10.9. The van der Waals surface area contributed by atoms with Crippen molar-refractivity contribution in [1.29, 1.82) is 0 Å². The Balaban J connectivity index is 1.91. The number of nitrogens with one attached hydrogen (secondary N) is 1. The van der Waals surface area contributed by atoms with Crippen LogP contribution in [0.1, 0.15) is 11.3 Å². The number of nitro benzene ring substituents is 1. The van der Waals surface area contributed by atoms with Crippen LogP contribution in [0.15, 0.2) is 30.5 Å². The molecule has 0 amide bonds. The van der Waals surface area contributed by atoms with E-state index < -0.39 is 4.92 Å². The van der Waals surface area contributed by atoms with Crippen LogP contribution < -0.4 is 5.32 Å². The number of nitrogens with zero attached hydrogens (tertiary/aromatic N) is 4. The van der Waals surface area contributed by atoms with Crippen molar-refractivity contribution >= 4 is 5.69 Å². The Morgan fingerprint density at radius 2 is 2.15 bits per heavy atom. The van der Waals surface area contributed by atoms with Crippen LogP contribution in [-0.4, -0.2) is 31.6 Å². The zero-order valence-corrected chi connectivity index (χ0v) is 10.8. The van der Waals surface area contributed by atoms with Gasteiger partial charge in [0, 0.05) is 30.9 Å². The molecular weight excluding hydrogens is 262 g/mol.